The number of amides is 2. The molecule has 2 aromatic heterocycles. The van der Waals surface area contributed by atoms with Crippen molar-refractivity contribution in [2.24, 2.45) is 5.92 Å². The minimum Gasteiger partial charge on any atom is -0.449 e. The van der Waals surface area contributed by atoms with Gasteiger partial charge in [-0.3, -0.25) is 9.78 Å². The number of fused-ring (bicyclic) bond motifs is 1. The average Bonchev–Trinajstić information content (AvgIpc) is 3.03. The number of hydrogen-bond acceptors (Lipinski definition) is 6. The second-order valence-electron chi connectivity index (χ2n) is 7.54. The third-order valence-corrected chi connectivity index (χ3v) is 6.48. The van der Waals surface area contributed by atoms with Crippen LogP contribution >= 0.6 is 11.3 Å². The standard InChI is InChI=1S/C21H23FN4O3S/c22-15-10-26(11-15)21(28)29-12-14-3-5-16-17(8-14)30-20(19(16)23)25-18(27)6-4-13-2-1-7-24-9-13/h1-2,4,6-7,9,14-15H,3,5,8,10-12,23H2,(H,25,27)/b6-4+. The van der Waals surface area contributed by atoms with Crippen molar-refractivity contribution in [2.45, 2.75) is 25.4 Å². The maximum absolute atomic E-state index is 12.9. The van der Waals surface area contributed by atoms with Gasteiger partial charge in [0.1, 0.15) is 11.2 Å². The van der Waals surface area contributed by atoms with Gasteiger partial charge in [-0.05, 0) is 48.4 Å². The maximum Gasteiger partial charge on any atom is 0.409 e. The molecule has 2 aromatic rings. The Morgan fingerprint density at radius 2 is 2.27 bits per heavy atom. The first kappa shape index (κ1) is 20.3. The number of aromatic nitrogens is 1. The maximum atomic E-state index is 12.9. The molecule has 0 aromatic carbocycles. The number of rotatable bonds is 5. The first-order valence-corrected chi connectivity index (χ1v) is 10.7. The second-order valence-corrected chi connectivity index (χ2v) is 8.65. The number of halogens is 1. The number of pyridine rings is 1. The van der Waals surface area contributed by atoms with Gasteiger partial charge in [0.25, 0.3) is 0 Å². The molecule has 1 aliphatic heterocycles. The Balaban J connectivity index is 1.32. The molecule has 7 nitrogen and oxygen atoms in total. The summed E-state index contributed by atoms with van der Waals surface area (Å²) in [5.41, 5.74) is 8.78. The molecule has 0 spiro atoms. The zero-order valence-electron chi connectivity index (χ0n) is 16.3. The van der Waals surface area contributed by atoms with Crippen LogP contribution < -0.4 is 11.1 Å². The van der Waals surface area contributed by atoms with Crippen molar-refractivity contribution in [3.8, 4) is 0 Å². The monoisotopic (exact) mass is 430 g/mol. The zero-order valence-corrected chi connectivity index (χ0v) is 17.2. The van der Waals surface area contributed by atoms with Crippen molar-refractivity contribution in [1.82, 2.24) is 9.88 Å². The van der Waals surface area contributed by atoms with Gasteiger partial charge in [-0.2, -0.15) is 0 Å². The number of anilines is 2. The van der Waals surface area contributed by atoms with E-state index in [4.69, 9.17) is 10.5 Å². The van der Waals surface area contributed by atoms with Crippen LogP contribution in [-0.4, -0.2) is 47.8 Å². The van der Waals surface area contributed by atoms with E-state index >= 15 is 0 Å². The van der Waals surface area contributed by atoms with E-state index < -0.39 is 12.3 Å². The van der Waals surface area contributed by atoms with Crippen molar-refractivity contribution < 1.29 is 18.7 Å². The summed E-state index contributed by atoms with van der Waals surface area (Å²) in [6.07, 6.45) is 7.48. The molecule has 3 heterocycles. The molecule has 1 fully saturated rings. The normalized spacial score (nSPS) is 18.7. The summed E-state index contributed by atoms with van der Waals surface area (Å²) < 4.78 is 18.2. The molecule has 1 atom stereocenters. The zero-order chi connectivity index (χ0) is 21.1. The third-order valence-electron chi connectivity index (χ3n) is 5.29. The van der Waals surface area contributed by atoms with E-state index in [1.165, 1.54) is 22.3 Å². The Hall–Kier alpha value is -2.94. The van der Waals surface area contributed by atoms with E-state index in [0.29, 0.717) is 17.3 Å². The number of carbonyl (C=O) groups excluding carboxylic acids is 2. The highest BCUT2D eigenvalue weighted by Crippen LogP contribution is 2.41. The van der Waals surface area contributed by atoms with E-state index in [2.05, 4.69) is 10.3 Å². The molecule has 3 N–H and O–H groups in total. The Morgan fingerprint density at radius 1 is 1.43 bits per heavy atom. The minimum absolute atomic E-state index is 0.118. The van der Waals surface area contributed by atoms with Gasteiger partial charge in [0.2, 0.25) is 5.91 Å². The van der Waals surface area contributed by atoms with Crippen LogP contribution in [0.4, 0.5) is 19.9 Å². The largest absolute Gasteiger partial charge is 0.449 e. The van der Waals surface area contributed by atoms with Crippen molar-refractivity contribution in [1.29, 1.82) is 0 Å². The van der Waals surface area contributed by atoms with Crippen molar-refractivity contribution in [3.63, 3.8) is 0 Å². The highest BCUT2D eigenvalue weighted by Gasteiger charge is 2.32. The summed E-state index contributed by atoms with van der Waals surface area (Å²) in [4.78, 5) is 30.6. The van der Waals surface area contributed by atoms with Gasteiger partial charge in [-0.15, -0.1) is 11.3 Å². The average molecular weight is 431 g/mol. The van der Waals surface area contributed by atoms with Crippen LogP contribution in [0.1, 0.15) is 22.4 Å². The topological polar surface area (TPSA) is 97.5 Å². The summed E-state index contributed by atoms with van der Waals surface area (Å²) in [5.74, 6) is -0.0636. The van der Waals surface area contributed by atoms with Gasteiger partial charge in [-0.1, -0.05) is 6.07 Å². The molecular formula is C21H23FN4O3S. The Bertz CT molecular complexity index is 957. The van der Waals surface area contributed by atoms with Gasteiger partial charge in [-0.25, -0.2) is 9.18 Å². The predicted molar refractivity (Wildman–Crippen MR) is 114 cm³/mol. The Labute approximate surface area is 177 Å². The lowest BCUT2D eigenvalue weighted by atomic mass is 9.89. The number of ether oxygens (including phenoxy) is 1. The Morgan fingerprint density at radius 3 is 3.00 bits per heavy atom. The fourth-order valence-corrected chi connectivity index (χ4v) is 4.85. The molecule has 158 valence electrons. The van der Waals surface area contributed by atoms with Crippen molar-refractivity contribution >= 4 is 40.1 Å². The smallest absolute Gasteiger partial charge is 0.409 e. The van der Waals surface area contributed by atoms with Gasteiger partial charge < -0.3 is 20.7 Å². The highest BCUT2D eigenvalue weighted by molar-refractivity contribution is 7.17. The fourth-order valence-electron chi connectivity index (χ4n) is 3.57. The van der Waals surface area contributed by atoms with E-state index in [1.807, 2.05) is 6.07 Å². The van der Waals surface area contributed by atoms with Crippen LogP contribution in [0.5, 0.6) is 0 Å². The molecule has 0 saturated carbocycles. The fraction of sp³-hybridized carbons (Fsp3) is 0.381. The number of carbonyl (C=O) groups is 2. The molecule has 2 aliphatic rings. The van der Waals surface area contributed by atoms with Crippen molar-refractivity contribution in [3.05, 3.63) is 46.6 Å². The predicted octanol–water partition coefficient (Wildman–Crippen LogP) is 3.27. The van der Waals surface area contributed by atoms with Gasteiger partial charge in [0.15, 0.2) is 0 Å². The Kier molecular flexibility index (Phi) is 5.98. The van der Waals surface area contributed by atoms with Crippen LogP contribution in [0.25, 0.3) is 6.08 Å². The lowest BCUT2D eigenvalue weighted by molar-refractivity contribution is -0.111. The van der Waals surface area contributed by atoms with Gasteiger partial charge >= 0.3 is 6.09 Å². The summed E-state index contributed by atoms with van der Waals surface area (Å²) in [5, 5.41) is 3.50. The lowest BCUT2D eigenvalue weighted by Crippen LogP contribution is -2.51. The van der Waals surface area contributed by atoms with Crippen LogP contribution in [-0.2, 0) is 22.4 Å². The van der Waals surface area contributed by atoms with Gasteiger partial charge in [0, 0.05) is 23.3 Å². The number of nitrogen functional groups attached to an aromatic ring is 1. The first-order valence-electron chi connectivity index (χ1n) is 9.84. The molecule has 2 amide bonds. The van der Waals surface area contributed by atoms with E-state index in [1.54, 1.807) is 24.5 Å². The number of nitrogens with one attached hydrogen (secondary N) is 1. The van der Waals surface area contributed by atoms with E-state index in [-0.39, 0.29) is 24.9 Å². The molecule has 1 unspecified atom stereocenters. The third kappa shape index (κ3) is 4.62. The molecule has 30 heavy (non-hydrogen) atoms. The second kappa shape index (κ2) is 8.83. The van der Waals surface area contributed by atoms with E-state index in [0.717, 1.165) is 35.3 Å². The summed E-state index contributed by atoms with van der Waals surface area (Å²) in [6.45, 7) is 0.542. The first-order chi connectivity index (χ1) is 14.5. The number of nitrogens with zero attached hydrogens (tertiary/aromatic N) is 2. The molecule has 0 bridgehead atoms. The summed E-state index contributed by atoms with van der Waals surface area (Å²) >= 11 is 1.47. The number of nitrogens with two attached hydrogens (primary N) is 1. The van der Waals surface area contributed by atoms with Gasteiger partial charge in [0.05, 0.1) is 25.4 Å². The molecule has 0 radical (unpaired) electrons. The summed E-state index contributed by atoms with van der Waals surface area (Å²) in [7, 11) is 0. The number of alkyl halides is 1. The number of likely N-dealkylation sites (tertiary alicyclic amines) is 1. The molecule has 4 rings (SSSR count). The van der Waals surface area contributed by atoms with Crippen LogP contribution in [0.2, 0.25) is 0 Å². The molecule has 9 heteroatoms. The lowest BCUT2D eigenvalue weighted by Gasteiger charge is -2.33. The van der Waals surface area contributed by atoms with Crippen LogP contribution in [0.3, 0.4) is 0 Å². The number of thiophene rings is 1. The van der Waals surface area contributed by atoms with E-state index in [9.17, 15) is 14.0 Å². The van der Waals surface area contributed by atoms with Crippen LogP contribution in [0.15, 0.2) is 30.6 Å². The SMILES string of the molecule is Nc1c(NC(=O)/C=C/c2cccnc2)sc2c1CCC(COC(=O)N1CC(F)C1)C2. The molecular weight excluding hydrogens is 407 g/mol. The quantitative estimate of drug-likeness (QED) is 0.710. The van der Waals surface area contributed by atoms with Crippen LogP contribution in [0, 0.1) is 5.92 Å². The summed E-state index contributed by atoms with van der Waals surface area (Å²) in [6, 6.07) is 3.66. The van der Waals surface area contributed by atoms with Crippen molar-refractivity contribution in [2.75, 3.05) is 30.7 Å². The number of hydrogen-bond donors (Lipinski definition) is 2. The molecule has 1 saturated heterocycles. The minimum atomic E-state index is -0.934. The molecule has 1 aliphatic carbocycles. The highest BCUT2D eigenvalue weighted by atomic mass is 32.1.